The molecule has 7 heteroatoms. The van der Waals surface area contributed by atoms with Crippen LogP contribution in [0.3, 0.4) is 0 Å². The zero-order chi connectivity index (χ0) is 16.2. The van der Waals surface area contributed by atoms with E-state index in [9.17, 15) is 4.79 Å². The highest BCUT2D eigenvalue weighted by atomic mass is 32.1. The van der Waals surface area contributed by atoms with E-state index < -0.39 is 0 Å². The van der Waals surface area contributed by atoms with Gasteiger partial charge in [0.15, 0.2) is 0 Å². The first kappa shape index (κ1) is 16.8. The molecule has 0 spiro atoms. The van der Waals surface area contributed by atoms with Crippen molar-refractivity contribution in [1.29, 1.82) is 0 Å². The van der Waals surface area contributed by atoms with Gasteiger partial charge in [-0.05, 0) is 32.2 Å². The van der Waals surface area contributed by atoms with Crippen molar-refractivity contribution in [3.05, 3.63) is 16.1 Å². The Hall–Kier alpha value is -1.02. The van der Waals surface area contributed by atoms with Gasteiger partial charge < -0.3 is 14.8 Å². The van der Waals surface area contributed by atoms with Crippen LogP contribution in [0.2, 0.25) is 0 Å². The van der Waals surface area contributed by atoms with E-state index in [2.05, 4.69) is 22.1 Å². The maximum Gasteiger partial charge on any atom is 0.249 e. The van der Waals surface area contributed by atoms with Crippen molar-refractivity contribution in [1.82, 2.24) is 15.2 Å². The second-order valence-corrected chi connectivity index (χ2v) is 7.27. The Morgan fingerprint density at radius 2 is 2.48 bits per heavy atom. The van der Waals surface area contributed by atoms with E-state index in [-0.39, 0.29) is 18.1 Å². The summed E-state index contributed by atoms with van der Waals surface area (Å²) in [7, 11) is 1.63. The molecule has 1 aromatic rings. The lowest BCUT2D eigenvalue weighted by molar-refractivity contribution is -0.133. The van der Waals surface area contributed by atoms with Gasteiger partial charge in [-0.25, -0.2) is 4.98 Å². The predicted octanol–water partition coefficient (Wildman–Crippen LogP) is 1.19. The van der Waals surface area contributed by atoms with Crippen LogP contribution in [0.5, 0.6) is 0 Å². The Balaban J connectivity index is 1.49. The summed E-state index contributed by atoms with van der Waals surface area (Å²) < 4.78 is 11.0. The first-order valence-corrected chi connectivity index (χ1v) is 9.08. The molecule has 0 saturated carbocycles. The number of aryl methyl sites for hydroxylation is 1. The number of nitrogens with zero attached hydrogens (tertiary/aromatic N) is 2. The SMILES string of the molecule is COCCNC(=O)[C@@H]1C[C@H]2CCN(Cc3scnc3C)C[C@@H]2O1. The van der Waals surface area contributed by atoms with Crippen molar-refractivity contribution < 1.29 is 14.3 Å². The molecule has 2 fully saturated rings. The molecule has 3 heterocycles. The van der Waals surface area contributed by atoms with Gasteiger partial charge in [-0.1, -0.05) is 0 Å². The Morgan fingerprint density at radius 1 is 1.61 bits per heavy atom. The lowest BCUT2D eigenvalue weighted by Gasteiger charge is -2.33. The van der Waals surface area contributed by atoms with Gasteiger partial charge in [0.1, 0.15) is 6.10 Å². The number of hydrogen-bond acceptors (Lipinski definition) is 6. The number of nitrogens with one attached hydrogen (secondary N) is 1. The number of amides is 1. The summed E-state index contributed by atoms with van der Waals surface area (Å²) in [5, 5.41) is 2.88. The van der Waals surface area contributed by atoms with E-state index >= 15 is 0 Å². The molecule has 3 atom stereocenters. The summed E-state index contributed by atoms with van der Waals surface area (Å²) >= 11 is 1.72. The highest BCUT2D eigenvalue weighted by molar-refractivity contribution is 7.09. The minimum absolute atomic E-state index is 0.00120. The summed E-state index contributed by atoms with van der Waals surface area (Å²) in [6.07, 6.45) is 1.82. The molecule has 1 amide bonds. The van der Waals surface area contributed by atoms with Crippen molar-refractivity contribution in [2.45, 2.75) is 38.5 Å². The molecule has 0 bridgehead atoms. The van der Waals surface area contributed by atoms with Crippen molar-refractivity contribution in [2.24, 2.45) is 5.92 Å². The van der Waals surface area contributed by atoms with Crippen molar-refractivity contribution in [3.8, 4) is 0 Å². The van der Waals surface area contributed by atoms with E-state index in [0.29, 0.717) is 19.1 Å². The van der Waals surface area contributed by atoms with Crippen LogP contribution in [-0.4, -0.2) is 61.3 Å². The lowest BCUT2D eigenvalue weighted by atomic mass is 9.91. The van der Waals surface area contributed by atoms with Gasteiger partial charge in [0.2, 0.25) is 5.91 Å². The number of fused-ring (bicyclic) bond motifs is 1. The topological polar surface area (TPSA) is 63.7 Å². The second kappa shape index (κ2) is 7.70. The van der Waals surface area contributed by atoms with Gasteiger partial charge in [-0.3, -0.25) is 9.69 Å². The lowest BCUT2D eigenvalue weighted by Crippen LogP contribution is -2.42. The number of hydrogen-bond donors (Lipinski definition) is 1. The van der Waals surface area contributed by atoms with Gasteiger partial charge in [-0.2, -0.15) is 0 Å². The highest BCUT2D eigenvalue weighted by Crippen LogP contribution is 2.34. The Morgan fingerprint density at radius 3 is 3.22 bits per heavy atom. The van der Waals surface area contributed by atoms with Crippen LogP contribution in [0.25, 0.3) is 0 Å². The molecule has 128 valence electrons. The Kier molecular flexibility index (Phi) is 5.63. The average Bonchev–Trinajstić information content (AvgIpc) is 3.14. The number of piperidine rings is 1. The summed E-state index contributed by atoms with van der Waals surface area (Å²) in [4.78, 5) is 20.2. The highest BCUT2D eigenvalue weighted by Gasteiger charge is 2.41. The fraction of sp³-hybridized carbons (Fsp3) is 0.750. The fourth-order valence-electron chi connectivity index (χ4n) is 3.38. The molecule has 0 aromatic carbocycles. The van der Waals surface area contributed by atoms with Gasteiger partial charge in [0.25, 0.3) is 0 Å². The number of rotatable bonds is 6. The largest absolute Gasteiger partial charge is 0.383 e. The summed E-state index contributed by atoms with van der Waals surface area (Å²) in [6.45, 7) is 6.05. The molecular weight excluding hydrogens is 314 g/mol. The molecule has 1 N–H and O–H groups in total. The number of ether oxygens (including phenoxy) is 2. The van der Waals surface area contributed by atoms with Crippen LogP contribution < -0.4 is 5.32 Å². The number of carbonyl (C=O) groups excluding carboxylic acids is 1. The summed E-state index contributed by atoms with van der Waals surface area (Å²) in [6, 6.07) is 0. The average molecular weight is 339 g/mol. The molecule has 23 heavy (non-hydrogen) atoms. The van der Waals surface area contributed by atoms with Crippen LogP contribution >= 0.6 is 11.3 Å². The van der Waals surface area contributed by atoms with Gasteiger partial charge in [0.05, 0.1) is 23.9 Å². The number of likely N-dealkylation sites (tertiary alicyclic amines) is 1. The third-order valence-corrected chi connectivity index (χ3v) is 5.67. The van der Waals surface area contributed by atoms with Crippen LogP contribution in [0.1, 0.15) is 23.4 Å². The van der Waals surface area contributed by atoms with Gasteiger partial charge in [-0.15, -0.1) is 11.3 Å². The normalized spacial score (nSPS) is 27.8. The molecule has 1 aromatic heterocycles. The smallest absolute Gasteiger partial charge is 0.249 e. The predicted molar refractivity (Wildman–Crippen MR) is 88.4 cm³/mol. The van der Waals surface area contributed by atoms with Crippen LogP contribution in [0.4, 0.5) is 0 Å². The molecular formula is C16H25N3O3S. The van der Waals surface area contributed by atoms with E-state index in [0.717, 1.165) is 38.2 Å². The number of carbonyl (C=O) groups is 1. The first-order chi connectivity index (χ1) is 11.2. The van der Waals surface area contributed by atoms with Crippen molar-refractivity contribution in [2.75, 3.05) is 33.4 Å². The van der Waals surface area contributed by atoms with Crippen molar-refractivity contribution in [3.63, 3.8) is 0 Å². The maximum absolute atomic E-state index is 12.1. The Labute approximate surface area is 141 Å². The molecule has 0 unspecified atom stereocenters. The zero-order valence-corrected chi connectivity index (χ0v) is 14.6. The molecule has 0 aliphatic carbocycles. The molecule has 2 saturated heterocycles. The second-order valence-electron chi connectivity index (χ2n) is 6.33. The molecule has 6 nitrogen and oxygen atoms in total. The minimum atomic E-state index is -0.299. The third kappa shape index (κ3) is 4.09. The first-order valence-electron chi connectivity index (χ1n) is 8.20. The zero-order valence-electron chi connectivity index (χ0n) is 13.8. The number of aromatic nitrogens is 1. The van der Waals surface area contributed by atoms with E-state index in [1.54, 1.807) is 18.4 Å². The molecule has 3 rings (SSSR count). The van der Waals surface area contributed by atoms with Gasteiger partial charge >= 0.3 is 0 Å². The molecule has 0 radical (unpaired) electrons. The molecule has 2 aliphatic heterocycles. The molecule has 2 aliphatic rings. The quantitative estimate of drug-likeness (QED) is 0.789. The van der Waals surface area contributed by atoms with E-state index in [1.807, 2.05) is 5.51 Å². The minimum Gasteiger partial charge on any atom is -0.383 e. The summed E-state index contributed by atoms with van der Waals surface area (Å²) in [5.74, 6) is 0.508. The van der Waals surface area contributed by atoms with Crippen LogP contribution in [0, 0.1) is 12.8 Å². The van der Waals surface area contributed by atoms with E-state index in [4.69, 9.17) is 9.47 Å². The summed E-state index contributed by atoms with van der Waals surface area (Å²) in [5.41, 5.74) is 3.03. The number of thiazole rings is 1. The van der Waals surface area contributed by atoms with Gasteiger partial charge in [0, 0.05) is 31.6 Å². The monoisotopic (exact) mass is 339 g/mol. The maximum atomic E-state index is 12.1. The fourth-order valence-corrected chi connectivity index (χ4v) is 4.20. The van der Waals surface area contributed by atoms with Crippen LogP contribution in [0.15, 0.2) is 5.51 Å². The standard InChI is InChI=1S/C16H25N3O3S/c1-11-15(23-10-18-11)9-19-5-3-12-7-13(22-14(12)8-19)16(20)17-4-6-21-2/h10,12-14H,3-9H2,1-2H3,(H,17,20)/t12-,13+,14+/m1/s1. The van der Waals surface area contributed by atoms with Crippen molar-refractivity contribution >= 4 is 17.2 Å². The third-order valence-electron chi connectivity index (χ3n) is 4.75. The van der Waals surface area contributed by atoms with E-state index in [1.165, 1.54) is 4.88 Å². The Bertz CT molecular complexity index is 536. The number of methoxy groups -OCH3 is 1. The van der Waals surface area contributed by atoms with Crippen LogP contribution in [-0.2, 0) is 20.8 Å².